The van der Waals surface area contributed by atoms with Gasteiger partial charge in [-0.15, -0.1) is 20.1 Å². The highest BCUT2D eigenvalue weighted by atomic mass is 32.3. The van der Waals surface area contributed by atoms with E-state index in [9.17, 15) is 0 Å². The minimum atomic E-state index is -1.91. The molecule has 0 radical (unpaired) electrons. The maximum absolute atomic E-state index is 2.68. The quantitative estimate of drug-likeness (QED) is 0.150. The molecule has 0 aliphatic carbocycles. The molecule has 3 aliphatic rings. The maximum atomic E-state index is 2.68. The van der Waals surface area contributed by atoms with E-state index in [0.29, 0.717) is 0 Å². The van der Waals surface area contributed by atoms with E-state index in [1.165, 1.54) is 106 Å². The molecule has 13 rings (SSSR count). The number of hydrogen-bond acceptors (Lipinski definition) is 1. The second kappa shape index (κ2) is 15.4. The fourth-order valence-electron chi connectivity index (χ4n) is 12.0. The van der Waals surface area contributed by atoms with Gasteiger partial charge in [-0.2, -0.15) is 0 Å². The largest absolute Gasteiger partial charge is 0.311 e. The summed E-state index contributed by atoms with van der Waals surface area (Å²) in [5, 5.41) is 0. The zero-order valence-corrected chi connectivity index (χ0v) is 39.5. The zero-order chi connectivity index (χ0) is 44.9. The molecule has 3 aliphatic heterocycles. The third-order valence-electron chi connectivity index (χ3n) is 14.5. The van der Waals surface area contributed by atoms with Gasteiger partial charge >= 0.3 is 0 Å². The van der Waals surface area contributed by atoms with Crippen LogP contribution in [-0.2, 0) is 0 Å². The average Bonchev–Trinajstić information content (AvgIpc) is 3.83. The molecule has 10 aromatic carbocycles. The smallest absolute Gasteiger partial charge is 0.247 e. The molecule has 0 amide bonds. The van der Waals surface area contributed by atoms with E-state index in [4.69, 9.17) is 0 Å². The molecule has 320 valence electrons. The number of anilines is 3. The van der Waals surface area contributed by atoms with Gasteiger partial charge in [0, 0.05) is 56.2 Å². The van der Waals surface area contributed by atoms with Gasteiger partial charge < -0.3 is 4.90 Å². The first kappa shape index (κ1) is 40.1. The lowest BCUT2D eigenvalue weighted by Gasteiger charge is -2.43. The molecule has 10 aromatic rings. The summed E-state index contributed by atoms with van der Waals surface area (Å²) < 4.78 is 0. The van der Waals surface area contributed by atoms with Crippen molar-refractivity contribution < 1.29 is 0 Å². The van der Waals surface area contributed by atoms with Gasteiger partial charge in [0.1, 0.15) is 0 Å². The van der Waals surface area contributed by atoms with Gasteiger partial charge in [0.2, 0.25) is 6.71 Å². The van der Waals surface area contributed by atoms with Crippen molar-refractivity contribution in [2.75, 3.05) is 4.90 Å². The number of aryl methyl sites for hydroxylation is 3. The van der Waals surface area contributed by atoms with Crippen molar-refractivity contribution in [2.45, 2.75) is 59.9 Å². The molecule has 0 atom stereocenters. The zero-order valence-electron chi connectivity index (χ0n) is 37.9. The van der Waals surface area contributed by atoms with Gasteiger partial charge in [0.25, 0.3) is 0 Å². The predicted molar refractivity (Wildman–Crippen MR) is 284 cm³/mol. The second-order valence-electron chi connectivity index (χ2n) is 18.2. The lowest BCUT2D eigenvalue weighted by molar-refractivity contribution is 1.26. The first-order valence-electron chi connectivity index (χ1n) is 23.3. The number of para-hydroxylation sites is 1. The highest BCUT2D eigenvalue weighted by Gasteiger charge is 2.48. The molecule has 0 aromatic heterocycles. The predicted octanol–water partition coefficient (Wildman–Crippen LogP) is 15.6. The summed E-state index contributed by atoms with van der Waals surface area (Å²) in [4.78, 5) is 13.7. The van der Waals surface area contributed by atoms with Gasteiger partial charge in [0.05, 0.1) is 0 Å². The molecule has 0 N–H and O–H groups in total. The first-order chi connectivity index (χ1) is 33.0. The van der Waals surface area contributed by atoms with Crippen LogP contribution in [0, 0.1) is 20.8 Å². The van der Waals surface area contributed by atoms with E-state index in [-0.39, 0.29) is 6.71 Å². The number of nitrogens with zero attached hydrogens (tertiary/aromatic N) is 1. The highest BCUT2D eigenvalue weighted by Crippen LogP contribution is 2.81. The van der Waals surface area contributed by atoms with E-state index < -0.39 is 20.1 Å². The third kappa shape index (κ3) is 5.67. The average molecular weight is 894 g/mol. The number of hydrogen-bond donors (Lipinski definition) is 0. The Morgan fingerprint density at radius 3 is 1.06 bits per heavy atom. The fourth-order valence-corrected chi connectivity index (χ4v) is 20.5. The summed E-state index contributed by atoms with van der Waals surface area (Å²) in [5.74, 6) is 0. The van der Waals surface area contributed by atoms with Crippen LogP contribution in [0.4, 0.5) is 17.1 Å². The Bertz CT molecular complexity index is 3260. The SMILES string of the molecule is Cc1cc(C)c(B2c3cc4c(cc3N(c3ccccc3)c3cc5c(cc32)S(c2ccccc2)(c2ccccc2)c2ccccc2-5)-c2ccccc2S4(c2ccccc2)c2ccccc2)c(C)c1. The minimum absolute atomic E-state index is 0.0547. The molecule has 0 saturated heterocycles. The van der Waals surface area contributed by atoms with Crippen molar-refractivity contribution in [3.63, 3.8) is 0 Å². The van der Waals surface area contributed by atoms with Crippen molar-refractivity contribution in [3.8, 4) is 22.3 Å². The van der Waals surface area contributed by atoms with Crippen molar-refractivity contribution in [3.05, 3.63) is 253 Å². The van der Waals surface area contributed by atoms with Gasteiger partial charge in [-0.05, 0) is 139 Å². The Hall–Kier alpha value is -7.24. The van der Waals surface area contributed by atoms with Crippen LogP contribution >= 0.6 is 20.1 Å². The molecule has 0 saturated carbocycles. The van der Waals surface area contributed by atoms with Crippen LogP contribution in [0.2, 0.25) is 0 Å². The summed E-state index contributed by atoms with van der Waals surface area (Å²) in [6.07, 6.45) is 0. The molecule has 4 heteroatoms. The van der Waals surface area contributed by atoms with Gasteiger partial charge in [0.15, 0.2) is 0 Å². The topological polar surface area (TPSA) is 3.24 Å². The molecule has 3 heterocycles. The maximum Gasteiger partial charge on any atom is 0.247 e. The van der Waals surface area contributed by atoms with Gasteiger partial charge in [-0.1, -0.05) is 174 Å². The Morgan fingerprint density at radius 1 is 0.328 bits per heavy atom. The van der Waals surface area contributed by atoms with Crippen molar-refractivity contribution >= 4 is 60.2 Å². The van der Waals surface area contributed by atoms with E-state index in [2.05, 4.69) is 262 Å². The van der Waals surface area contributed by atoms with Crippen molar-refractivity contribution in [1.82, 2.24) is 0 Å². The standard InChI is InChI=1S/C63H48BNS2/c1-43-37-44(2)63(45(3)38-43)64-55-41-61-53(51-33-19-21-35-59(51)66(61,47-25-11-5-12-26-47)48-27-13-6-14-28-48)39-57(55)65(46-23-9-4-10-24-46)58-40-54-52-34-20-22-36-60(52)67(62(54)42-56(58)64,49-29-15-7-16-30-49)50-31-17-8-18-32-50/h4-42H,1-3H3. The van der Waals surface area contributed by atoms with Crippen LogP contribution < -0.4 is 21.3 Å². The highest BCUT2D eigenvalue weighted by molar-refractivity contribution is 8.34. The van der Waals surface area contributed by atoms with Crippen LogP contribution in [0.25, 0.3) is 22.3 Å². The van der Waals surface area contributed by atoms with Crippen LogP contribution in [-0.4, -0.2) is 6.71 Å². The lowest BCUT2D eigenvalue weighted by atomic mass is 9.33. The lowest BCUT2D eigenvalue weighted by Crippen LogP contribution is -2.59. The number of benzene rings is 10. The summed E-state index contributed by atoms with van der Waals surface area (Å²) in [6.45, 7) is 6.88. The first-order valence-corrected chi connectivity index (χ1v) is 26.6. The monoisotopic (exact) mass is 893 g/mol. The van der Waals surface area contributed by atoms with Crippen LogP contribution in [0.3, 0.4) is 0 Å². The Morgan fingerprint density at radius 2 is 0.672 bits per heavy atom. The van der Waals surface area contributed by atoms with Crippen LogP contribution in [0.5, 0.6) is 0 Å². The molecular weight excluding hydrogens is 846 g/mol. The number of fused-ring (bicyclic) bond motifs is 8. The third-order valence-corrected chi connectivity index (χ3v) is 22.4. The van der Waals surface area contributed by atoms with Gasteiger partial charge in [-0.3, -0.25) is 0 Å². The Balaban J connectivity index is 1.20. The minimum Gasteiger partial charge on any atom is -0.311 e. The number of rotatable bonds is 6. The Labute approximate surface area is 398 Å². The van der Waals surface area contributed by atoms with Gasteiger partial charge in [-0.25, -0.2) is 0 Å². The summed E-state index contributed by atoms with van der Waals surface area (Å²) in [7, 11) is -3.83. The molecule has 0 bridgehead atoms. The Kier molecular flexibility index (Phi) is 9.22. The second-order valence-corrected chi connectivity index (χ2v) is 24.3. The molecule has 1 nitrogen and oxygen atoms in total. The molecular formula is C63H48BNS2. The summed E-state index contributed by atoms with van der Waals surface area (Å²) in [6, 6.07) is 90.5. The summed E-state index contributed by atoms with van der Waals surface area (Å²) >= 11 is 0. The molecule has 0 fully saturated rings. The van der Waals surface area contributed by atoms with E-state index in [1.807, 2.05) is 0 Å². The molecule has 67 heavy (non-hydrogen) atoms. The van der Waals surface area contributed by atoms with E-state index in [0.717, 1.165) is 5.69 Å². The van der Waals surface area contributed by atoms with E-state index >= 15 is 0 Å². The van der Waals surface area contributed by atoms with Crippen molar-refractivity contribution in [2.24, 2.45) is 0 Å². The van der Waals surface area contributed by atoms with Crippen molar-refractivity contribution in [1.29, 1.82) is 0 Å². The summed E-state index contributed by atoms with van der Waals surface area (Å²) in [5.41, 5.74) is 17.0. The fraction of sp³-hybridized carbons (Fsp3) is 0.0476. The molecule has 0 unspecified atom stereocenters. The normalized spacial score (nSPS) is 15.3. The van der Waals surface area contributed by atoms with Crippen LogP contribution in [0.1, 0.15) is 16.7 Å². The molecule has 0 spiro atoms. The van der Waals surface area contributed by atoms with Crippen LogP contribution in [0.15, 0.2) is 276 Å². The van der Waals surface area contributed by atoms with E-state index in [1.54, 1.807) is 0 Å².